The number of hydrogen-bond donors (Lipinski definition) is 0. The highest BCUT2D eigenvalue weighted by Gasteiger charge is 2.13. The van der Waals surface area contributed by atoms with Crippen LogP contribution in [0.3, 0.4) is 0 Å². The lowest BCUT2D eigenvalue weighted by Crippen LogP contribution is -2.03. The number of rotatable bonds is 4. The minimum absolute atomic E-state index is 0.326. The van der Waals surface area contributed by atoms with E-state index in [1.165, 1.54) is 16.7 Å². The molecule has 0 atom stereocenters. The van der Waals surface area contributed by atoms with Gasteiger partial charge in [0.05, 0.1) is 13.2 Å². The highest BCUT2D eigenvalue weighted by Crippen LogP contribution is 2.29. The first-order valence-corrected chi connectivity index (χ1v) is 6.67. The Morgan fingerprint density at radius 3 is 2.45 bits per heavy atom. The molecular formula is C17H18O3. The molecule has 0 amide bonds. The second-order valence-corrected chi connectivity index (χ2v) is 4.91. The van der Waals surface area contributed by atoms with Crippen LogP contribution >= 0.6 is 0 Å². The lowest BCUT2D eigenvalue weighted by atomic mass is 9.99. The van der Waals surface area contributed by atoms with Crippen LogP contribution < -0.4 is 0 Å². The minimum Gasteiger partial charge on any atom is -0.372 e. The molecule has 0 saturated heterocycles. The first kappa shape index (κ1) is 13.3. The summed E-state index contributed by atoms with van der Waals surface area (Å²) in [5.74, 6) is 0. The summed E-state index contributed by atoms with van der Waals surface area (Å²) in [6, 6.07) is 14.7. The summed E-state index contributed by atoms with van der Waals surface area (Å²) in [6.07, 6.45) is -0.326. The molecule has 0 N–H and O–H groups in total. The number of hydrogen-bond acceptors (Lipinski definition) is 3. The van der Waals surface area contributed by atoms with Crippen LogP contribution in [0.25, 0.3) is 11.1 Å². The Bertz CT molecular complexity index is 603. The smallest absolute Gasteiger partial charge is 0.183 e. The van der Waals surface area contributed by atoms with E-state index in [1.54, 1.807) is 14.2 Å². The third kappa shape index (κ3) is 2.48. The summed E-state index contributed by atoms with van der Waals surface area (Å²) in [6.45, 7) is 1.44. The van der Waals surface area contributed by atoms with Gasteiger partial charge >= 0.3 is 0 Å². The lowest BCUT2D eigenvalue weighted by molar-refractivity contribution is -0.105. The summed E-state index contributed by atoms with van der Waals surface area (Å²) in [4.78, 5) is 0. The number of methoxy groups -OCH3 is 2. The van der Waals surface area contributed by atoms with Gasteiger partial charge in [0.1, 0.15) is 0 Å². The molecule has 104 valence electrons. The average molecular weight is 270 g/mol. The van der Waals surface area contributed by atoms with Crippen molar-refractivity contribution in [2.24, 2.45) is 0 Å². The maximum atomic E-state index is 5.46. The zero-order valence-corrected chi connectivity index (χ0v) is 11.8. The van der Waals surface area contributed by atoms with Crippen molar-refractivity contribution in [3.63, 3.8) is 0 Å². The van der Waals surface area contributed by atoms with E-state index in [9.17, 15) is 0 Å². The fourth-order valence-electron chi connectivity index (χ4n) is 2.58. The molecule has 0 fully saturated rings. The first-order chi connectivity index (χ1) is 9.81. The van der Waals surface area contributed by atoms with Crippen molar-refractivity contribution < 1.29 is 14.2 Å². The molecule has 3 nitrogen and oxygen atoms in total. The van der Waals surface area contributed by atoms with Gasteiger partial charge in [0.2, 0.25) is 0 Å². The van der Waals surface area contributed by atoms with Gasteiger partial charge in [0, 0.05) is 19.8 Å². The van der Waals surface area contributed by atoms with E-state index in [-0.39, 0.29) is 6.29 Å². The van der Waals surface area contributed by atoms with Gasteiger partial charge in [0.25, 0.3) is 0 Å². The van der Waals surface area contributed by atoms with Crippen LogP contribution in [0, 0.1) is 0 Å². The van der Waals surface area contributed by atoms with Crippen LogP contribution in [-0.2, 0) is 27.4 Å². The van der Waals surface area contributed by atoms with Crippen LogP contribution in [0.4, 0.5) is 0 Å². The van der Waals surface area contributed by atoms with Gasteiger partial charge in [-0.15, -0.1) is 0 Å². The van der Waals surface area contributed by atoms with Crippen molar-refractivity contribution >= 4 is 0 Å². The molecule has 0 unspecified atom stereocenters. The van der Waals surface area contributed by atoms with Gasteiger partial charge in [-0.3, -0.25) is 0 Å². The average Bonchev–Trinajstić information content (AvgIpc) is 2.96. The molecule has 20 heavy (non-hydrogen) atoms. The molecular weight excluding hydrogens is 252 g/mol. The zero-order chi connectivity index (χ0) is 13.9. The third-order valence-corrected chi connectivity index (χ3v) is 3.64. The Balaban J connectivity index is 1.96. The summed E-state index contributed by atoms with van der Waals surface area (Å²) in [5, 5.41) is 0. The normalized spacial score (nSPS) is 13.8. The van der Waals surface area contributed by atoms with E-state index in [0.29, 0.717) is 6.61 Å². The maximum Gasteiger partial charge on any atom is 0.183 e. The Kier molecular flexibility index (Phi) is 3.83. The van der Waals surface area contributed by atoms with E-state index in [2.05, 4.69) is 30.3 Å². The standard InChI is InChI=1S/C17H18O3/c1-18-17(19-2)14-5-3-4-12(8-14)13-6-7-15-10-20-11-16(15)9-13/h3-9,17H,10-11H2,1-2H3. The van der Waals surface area contributed by atoms with Crippen LogP contribution in [0.2, 0.25) is 0 Å². The SMILES string of the molecule is COC(OC)c1cccc(-c2ccc3c(c2)COC3)c1. The van der Waals surface area contributed by atoms with E-state index >= 15 is 0 Å². The summed E-state index contributed by atoms with van der Waals surface area (Å²) in [5.41, 5.74) is 5.95. The number of ether oxygens (including phenoxy) is 3. The molecule has 0 aliphatic carbocycles. The van der Waals surface area contributed by atoms with Crippen molar-refractivity contribution in [1.29, 1.82) is 0 Å². The third-order valence-electron chi connectivity index (χ3n) is 3.64. The molecule has 3 heteroatoms. The molecule has 3 rings (SSSR count). The van der Waals surface area contributed by atoms with Gasteiger partial charge in [-0.2, -0.15) is 0 Å². The molecule has 1 aliphatic rings. The molecule has 0 saturated carbocycles. The highest BCUT2D eigenvalue weighted by atomic mass is 16.7. The quantitative estimate of drug-likeness (QED) is 0.793. The van der Waals surface area contributed by atoms with Gasteiger partial charge in [-0.1, -0.05) is 30.3 Å². The zero-order valence-electron chi connectivity index (χ0n) is 11.8. The molecule has 2 aromatic carbocycles. The molecule has 2 aromatic rings. The van der Waals surface area contributed by atoms with E-state index in [0.717, 1.165) is 17.7 Å². The van der Waals surface area contributed by atoms with Gasteiger partial charge in [0.15, 0.2) is 6.29 Å². The Morgan fingerprint density at radius 1 is 0.900 bits per heavy atom. The van der Waals surface area contributed by atoms with Crippen molar-refractivity contribution in [3.05, 3.63) is 59.2 Å². The second kappa shape index (κ2) is 5.75. The highest BCUT2D eigenvalue weighted by molar-refractivity contribution is 5.66. The van der Waals surface area contributed by atoms with Crippen molar-refractivity contribution in [3.8, 4) is 11.1 Å². The summed E-state index contributed by atoms with van der Waals surface area (Å²) >= 11 is 0. The van der Waals surface area contributed by atoms with Crippen LogP contribution in [0.15, 0.2) is 42.5 Å². The number of fused-ring (bicyclic) bond motifs is 1. The van der Waals surface area contributed by atoms with E-state index in [1.807, 2.05) is 12.1 Å². The van der Waals surface area contributed by atoms with Crippen molar-refractivity contribution in [1.82, 2.24) is 0 Å². The van der Waals surface area contributed by atoms with Gasteiger partial charge < -0.3 is 14.2 Å². The largest absolute Gasteiger partial charge is 0.372 e. The fourth-order valence-corrected chi connectivity index (χ4v) is 2.58. The number of benzene rings is 2. The van der Waals surface area contributed by atoms with Gasteiger partial charge in [-0.25, -0.2) is 0 Å². The summed E-state index contributed by atoms with van der Waals surface area (Å²) < 4.78 is 16.1. The van der Waals surface area contributed by atoms with Crippen LogP contribution in [0.5, 0.6) is 0 Å². The Labute approximate surface area is 119 Å². The van der Waals surface area contributed by atoms with Crippen molar-refractivity contribution in [2.45, 2.75) is 19.5 Å². The molecule has 0 radical (unpaired) electrons. The maximum absolute atomic E-state index is 5.46. The van der Waals surface area contributed by atoms with Gasteiger partial charge in [-0.05, 0) is 34.4 Å². The first-order valence-electron chi connectivity index (χ1n) is 6.67. The Hall–Kier alpha value is -1.68. The Morgan fingerprint density at radius 2 is 1.65 bits per heavy atom. The minimum atomic E-state index is -0.326. The molecule has 0 spiro atoms. The second-order valence-electron chi connectivity index (χ2n) is 4.91. The van der Waals surface area contributed by atoms with E-state index < -0.39 is 0 Å². The predicted octanol–water partition coefficient (Wildman–Crippen LogP) is 3.68. The predicted molar refractivity (Wildman–Crippen MR) is 77.1 cm³/mol. The lowest BCUT2D eigenvalue weighted by Gasteiger charge is -2.15. The van der Waals surface area contributed by atoms with E-state index in [4.69, 9.17) is 14.2 Å². The summed E-state index contributed by atoms with van der Waals surface area (Å²) in [7, 11) is 3.29. The topological polar surface area (TPSA) is 27.7 Å². The van der Waals surface area contributed by atoms with Crippen LogP contribution in [0.1, 0.15) is 23.0 Å². The van der Waals surface area contributed by atoms with Crippen LogP contribution in [-0.4, -0.2) is 14.2 Å². The molecule has 1 aliphatic heterocycles. The van der Waals surface area contributed by atoms with Crippen molar-refractivity contribution in [2.75, 3.05) is 14.2 Å². The molecule has 1 heterocycles. The molecule has 0 bridgehead atoms. The monoisotopic (exact) mass is 270 g/mol. The molecule has 0 aromatic heterocycles. The fraction of sp³-hybridized carbons (Fsp3) is 0.294.